The number of hydrogen-bond donors (Lipinski definition) is 3. The van der Waals surface area contributed by atoms with Gasteiger partial charge in [0.05, 0.1) is 18.9 Å². The first-order chi connectivity index (χ1) is 15.2. The van der Waals surface area contributed by atoms with Gasteiger partial charge in [0.15, 0.2) is 11.6 Å². The molecule has 20 heteroatoms. The van der Waals surface area contributed by atoms with Gasteiger partial charge in [-0.2, -0.15) is 13.6 Å². The second-order valence-corrected chi connectivity index (χ2v) is 11.8. The van der Waals surface area contributed by atoms with Gasteiger partial charge in [-0.05, 0) is 0 Å². The van der Waals surface area contributed by atoms with Crippen molar-refractivity contribution in [1.82, 2.24) is 9.55 Å². The molecule has 0 aliphatic carbocycles. The molecule has 6 unspecified atom stereocenters. The minimum absolute atomic E-state index is 0.628. The molecule has 1 aromatic heterocycles. The number of anilines is 1. The molecule has 1 saturated heterocycles. The first kappa shape index (κ1) is 28.2. The van der Waals surface area contributed by atoms with Gasteiger partial charge in [0, 0.05) is 27.2 Å². The number of aliphatic hydroxyl groups is 1. The molecule has 0 radical (unpaired) electrons. The van der Waals surface area contributed by atoms with E-state index >= 15 is 0 Å². The number of nitrogens with zero attached hydrogens (tertiary/aromatic N) is 2. The second kappa shape index (κ2) is 10.7. The van der Waals surface area contributed by atoms with E-state index in [0.29, 0.717) is 0 Å². The minimum Gasteiger partial charge on any atom is -0.390 e. The Kier molecular flexibility index (Phi) is 9.13. The molecule has 16 nitrogen and oxygen atoms in total. The number of ether oxygens (including phenoxy) is 1. The van der Waals surface area contributed by atoms with Crippen LogP contribution in [0.3, 0.4) is 0 Å². The van der Waals surface area contributed by atoms with Crippen molar-refractivity contribution in [1.29, 1.82) is 0 Å². The predicted molar refractivity (Wildman–Crippen MR) is 106 cm³/mol. The van der Waals surface area contributed by atoms with Crippen LogP contribution in [0.1, 0.15) is 13.2 Å². The number of nitrogens with two attached hydrogens (primary N) is 1. The Morgan fingerprint density at radius 1 is 1.18 bits per heavy atom. The van der Waals surface area contributed by atoms with Crippen LogP contribution in [-0.4, -0.2) is 59.7 Å². The van der Waals surface area contributed by atoms with Crippen LogP contribution in [0.15, 0.2) is 11.0 Å². The van der Waals surface area contributed by atoms with Crippen molar-refractivity contribution in [2.45, 2.75) is 25.4 Å². The minimum atomic E-state index is -5.25. The third kappa shape index (κ3) is 6.75. The summed E-state index contributed by atoms with van der Waals surface area (Å²) in [6.07, 6.45) is -3.19. The normalized spacial score (nSPS) is 27.2. The second-order valence-electron chi connectivity index (χ2n) is 6.45. The largest absolute Gasteiger partial charge is 0.492 e. The Balaban J connectivity index is 2.11. The molecule has 1 aliphatic heterocycles. The van der Waals surface area contributed by atoms with Crippen molar-refractivity contribution in [3.63, 3.8) is 0 Å². The summed E-state index contributed by atoms with van der Waals surface area (Å²) in [5.41, 5.74) is 4.27. The highest BCUT2D eigenvalue weighted by Gasteiger charge is 2.47. The number of aliphatic hydroxyl groups excluding tert-OH is 1. The zero-order valence-corrected chi connectivity index (χ0v) is 20.4. The lowest BCUT2D eigenvalue weighted by Gasteiger charge is -2.22. The topological polar surface area (TPSA) is 217 Å². The smallest absolute Gasteiger partial charge is 0.390 e. The molecule has 1 fully saturated rings. The molecule has 0 saturated carbocycles. The third-order valence-corrected chi connectivity index (χ3v) is 9.41. The average molecular weight is 541 g/mol. The number of phosphoric ester groups is 2. The lowest BCUT2D eigenvalue weighted by Crippen LogP contribution is -2.31. The molecular weight excluding hydrogens is 518 g/mol. The van der Waals surface area contributed by atoms with Crippen molar-refractivity contribution in [2.75, 3.05) is 33.7 Å². The summed E-state index contributed by atoms with van der Waals surface area (Å²) >= 11 is 0. The Hall–Kier alpha value is -1.06. The average Bonchev–Trinajstić information content (AvgIpc) is 3.02. The zero-order valence-electron chi connectivity index (χ0n) is 17.7. The first-order valence-corrected chi connectivity index (χ1v) is 13.3. The van der Waals surface area contributed by atoms with Crippen LogP contribution >= 0.6 is 23.5 Å². The van der Waals surface area contributed by atoms with E-state index in [1.165, 1.54) is 6.92 Å². The molecule has 0 amide bonds. The Morgan fingerprint density at radius 3 is 2.30 bits per heavy atom. The maximum atomic E-state index is 13.7. The van der Waals surface area contributed by atoms with Gasteiger partial charge >= 0.3 is 29.2 Å². The molecule has 0 spiro atoms. The summed E-state index contributed by atoms with van der Waals surface area (Å²) < 4.78 is 83.2. The fourth-order valence-corrected chi connectivity index (χ4v) is 6.77. The number of hydrogen-bond acceptors (Lipinski definition) is 14. The van der Waals surface area contributed by atoms with E-state index < -0.39 is 71.8 Å². The van der Waals surface area contributed by atoms with Gasteiger partial charge in [0.25, 0.3) is 0 Å². The summed E-state index contributed by atoms with van der Waals surface area (Å²) in [5.74, 6) is -2.47. The highest BCUT2D eigenvalue weighted by Crippen LogP contribution is 2.71. The van der Waals surface area contributed by atoms with E-state index in [1.807, 2.05) is 0 Å². The van der Waals surface area contributed by atoms with Crippen molar-refractivity contribution in [2.24, 2.45) is 5.92 Å². The van der Waals surface area contributed by atoms with Gasteiger partial charge in [0.1, 0.15) is 12.3 Å². The summed E-state index contributed by atoms with van der Waals surface area (Å²) in [5, 5.41) is 10.4. The third-order valence-electron chi connectivity index (χ3n) is 4.37. The van der Waals surface area contributed by atoms with Crippen LogP contribution in [0.2, 0.25) is 0 Å². The van der Waals surface area contributed by atoms with Crippen LogP contribution in [0, 0.1) is 11.7 Å². The lowest BCUT2D eigenvalue weighted by molar-refractivity contribution is -0.0470. The fourth-order valence-electron chi connectivity index (χ4n) is 2.65. The number of rotatable bonds is 11. The molecule has 1 aliphatic rings. The van der Waals surface area contributed by atoms with E-state index in [4.69, 9.17) is 10.5 Å². The molecule has 1 aromatic rings. The van der Waals surface area contributed by atoms with Gasteiger partial charge in [-0.3, -0.25) is 22.7 Å². The molecule has 6 atom stereocenters. The SMILES string of the molecule is COP(=O)(OC)OP(=O)(OC)OP(=O)(O)OCC1OC(n2cc(F)c(N)nc2=O)C(C)C1O. The lowest BCUT2D eigenvalue weighted by atomic mass is 10.0. The standard InChI is InChI=1S/C13H23FN3O13P3/c1-7-10(18)9(28-12(7)17-5-8(14)11(15)16-13(17)19)6-27-31(20,21)29-33(23,26-4)30-32(22,24-2)25-3/h5,7,9-10,12,18H,6H2,1-4H3,(H,20,21)(H2,15,16,19). The first-order valence-electron chi connectivity index (χ1n) is 8.84. The summed E-state index contributed by atoms with van der Waals surface area (Å²) in [6, 6.07) is 0. The molecule has 4 N–H and O–H groups in total. The van der Waals surface area contributed by atoms with Crippen LogP contribution in [0.25, 0.3) is 0 Å². The van der Waals surface area contributed by atoms with Crippen LogP contribution in [0.5, 0.6) is 0 Å². The van der Waals surface area contributed by atoms with Crippen molar-refractivity contribution in [3.05, 3.63) is 22.5 Å². The molecule has 0 aromatic carbocycles. The van der Waals surface area contributed by atoms with Crippen LogP contribution in [-0.2, 0) is 45.1 Å². The predicted octanol–water partition coefficient (Wildman–Crippen LogP) is 1.16. The Morgan fingerprint density at radius 2 is 1.76 bits per heavy atom. The summed E-state index contributed by atoms with van der Waals surface area (Å²) in [7, 11) is -12.2. The molecule has 190 valence electrons. The number of aromatic nitrogens is 2. The maximum absolute atomic E-state index is 13.7. The van der Waals surface area contributed by atoms with Gasteiger partial charge in [0.2, 0.25) is 0 Å². The van der Waals surface area contributed by atoms with Crippen molar-refractivity contribution < 1.29 is 59.5 Å². The van der Waals surface area contributed by atoms with E-state index in [1.54, 1.807) is 0 Å². The van der Waals surface area contributed by atoms with E-state index in [-0.39, 0.29) is 0 Å². The van der Waals surface area contributed by atoms with Gasteiger partial charge in [-0.15, -0.1) is 0 Å². The molecule has 0 bridgehead atoms. The number of nitrogen functional groups attached to an aromatic ring is 1. The van der Waals surface area contributed by atoms with Gasteiger partial charge in [-0.1, -0.05) is 6.92 Å². The monoisotopic (exact) mass is 541 g/mol. The summed E-state index contributed by atoms with van der Waals surface area (Å²) in [4.78, 5) is 25.2. The highest BCUT2D eigenvalue weighted by molar-refractivity contribution is 7.67. The van der Waals surface area contributed by atoms with E-state index in [2.05, 4.69) is 31.7 Å². The van der Waals surface area contributed by atoms with Crippen molar-refractivity contribution >= 4 is 29.3 Å². The van der Waals surface area contributed by atoms with Gasteiger partial charge in [-0.25, -0.2) is 22.9 Å². The van der Waals surface area contributed by atoms with E-state index in [9.17, 15) is 32.9 Å². The number of halogens is 1. The number of phosphoric acid groups is 3. The quantitative estimate of drug-likeness (QED) is 0.335. The Labute approximate surface area is 186 Å². The van der Waals surface area contributed by atoms with Crippen LogP contribution in [0.4, 0.5) is 10.2 Å². The molecular formula is C13H23FN3O13P3. The maximum Gasteiger partial charge on any atom is 0.492 e. The van der Waals surface area contributed by atoms with Crippen LogP contribution < -0.4 is 11.4 Å². The Bertz CT molecular complexity index is 1050. The van der Waals surface area contributed by atoms with Gasteiger partial charge < -0.3 is 20.5 Å². The van der Waals surface area contributed by atoms with E-state index in [0.717, 1.165) is 32.1 Å². The summed E-state index contributed by atoms with van der Waals surface area (Å²) in [6.45, 7) is 0.621. The molecule has 2 rings (SSSR count). The molecule has 2 heterocycles. The van der Waals surface area contributed by atoms with Crippen molar-refractivity contribution in [3.8, 4) is 0 Å². The fraction of sp³-hybridized carbons (Fsp3) is 0.692. The highest BCUT2D eigenvalue weighted by atomic mass is 31.3. The zero-order chi connectivity index (χ0) is 25.2. The molecule has 33 heavy (non-hydrogen) atoms.